The minimum atomic E-state index is -0.0620. The minimum Gasteiger partial charge on any atom is -0.311 e. The number of nitrogens with zero attached hydrogens (tertiary/aromatic N) is 1. The van der Waals surface area contributed by atoms with E-state index in [1.807, 2.05) is 6.92 Å². The number of thioether (sulfide) groups is 1. The van der Waals surface area contributed by atoms with Gasteiger partial charge in [0.2, 0.25) is 0 Å². The molecule has 0 radical (unpaired) electrons. The molecule has 0 unspecified atom stereocenters. The Morgan fingerprint density at radius 3 is 2.94 bits per heavy atom. The smallest absolute Gasteiger partial charge is 0.251 e. The molecular weight excluding hydrogens is 234 g/mol. The van der Waals surface area contributed by atoms with Gasteiger partial charge in [-0.1, -0.05) is 20.8 Å². The average molecular weight is 255 g/mol. The zero-order valence-electron chi connectivity index (χ0n) is 10.7. The Kier molecular flexibility index (Phi) is 6.29. The first-order valence-corrected chi connectivity index (χ1v) is 7.15. The minimum absolute atomic E-state index is 0.0620. The van der Waals surface area contributed by atoms with Gasteiger partial charge in [0.1, 0.15) is 5.82 Å². The Balaban J connectivity index is 2.59. The van der Waals surface area contributed by atoms with Crippen molar-refractivity contribution in [3.63, 3.8) is 0 Å². The molecule has 0 aliphatic carbocycles. The fraction of sp³-hybridized carbons (Fsp3) is 0.667. The molecule has 0 spiro atoms. The zero-order valence-corrected chi connectivity index (χ0v) is 11.6. The summed E-state index contributed by atoms with van der Waals surface area (Å²) in [4.78, 5) is 18.7. The second-order valence-electron chi connectivity index (χ2n) is 4.37. The molecule has 1 aromatic heterocycles. The van der Waals surface area contributed by atoms with Gasteiger partial charge in [-0.05, 0) is 18.2 Å². The van der Waals surface area contributed by atoms with E-state index in [-0.39, 0.29) is 5.56 Å². The second kappa shape index (κ2) is 7.50. The van der Waals surface area contributed by atoms with Crippen LogP contribution in [0.25, 0.3) is 0 Å². The zero-order chi connectivity index (χ0) is 12.7. The van der Waals surface area contributed by atoms with E-state index in [2.05, 4.69) is 29.1 Å². The molecule has 0 fully saturated rings. The first-order chi connectivity index (χ1) is 8.11. The molecule has 96 valence electrons. The number of aromatic amines is 1. The van der Waals surface area contributed by atoms with E-state index < -0.39 is 0 Å². The van der Waals surface area contributed by atoms with Crippen LogP contribution < -0.4 is 10.9 Å². The standard InChI is InChI=1S/C12H21N3OS/c1-4-13-6-10-5-12(16)15-11(14-10)8-17-7-9(2)3/h5,9,13H,4,6-8H2,1-3H3,(H,14,15,16). The molecule has 2 N–H and O–H groups in total. The van der Waals surface area contributed by atoms with Gasteiger partial charge in [0.25, 0.3) is 5.56 Å². The second-order valence-corrected chi connectivity index (χ2v) is 5.40. The van der Waals surface area contributed by atoms with Gasteiger partial charge in [0, 0.05) is 12.6 Å². The van der Waals surface area contributed by atoms with Crippen LogP contribution in [0, 0.1) is 5.92 Å². The summed E-state index contributed by atoms with van der Waals surface area (Å²) in [7, 11) is 0. The van der Waals surface area contributed by atoms with Crippen LogP contribution in [0.3, 0.4) is 0 Å². The van der Waals surface area contributed by atoms with E-state index in [1.165, 1.54) is 0 Å². The van der Waals surface area contributed by atoms with Crippen molar-refractivity contribution in [1.82, 2.24) is 15.3 Å². The summed E-state index contributed by atoms with van der Waals surface area (Å²) in [5.41, 5.74) is 0.754. The predicted octanol–water partition coefficient (Wildman–Crippen LogP) is 1.77. The molecule has 0 aliphatic heterocycles. The van der Waals surface area contributed by atoms with Gasteiger partial charge in [-0.15, -0.1) is 0 Å². The Morgan fingerprint density at radius 1 is 1.53 bits per heavy atom. The van der Waals surface area contributed by atoms with Crippen LogP contribution in [0.15, 0.2) is 10.9 Å². The van der Waals surface area contributed by atoms with Crippen molar-refractivity contribution in [3.8, 4) is 0 Å². The van der Waals surface area contributed by atoms with Crippen molar-refractivity contribution in [2.75, 3.05) is 12.3 Å². The average Bonchev–Trinajstić information content (AvgIpc) is 2.25. The van der Waals surface area contributed by atoms with E-state index in [1.54, 1.807) is 17.8 Å². The van der Waals surface area contributed by atoms with E-state index in [0.29, 0.717) is 12.5 Å². The summed E-state index contributed by atoms with van der Waals surface area (Å²) < 4.78 is 0. The van der Waals surface area contributed by atoms with Gasteiger partial charge in [-0.25, -0.2) is 4.98 Å². The van der Waals surface area contributed by atoms with Gasteiger partial charge in [0.05, 0.1) is 11.4 Å². The first kappa shape index (κ1) is 14.3. The van der Waals surface area contributed by atoms with Gasteiger partial charge in [-0.2, -0.15) is 11.8 Å². The summed E-state index contributed by atoms with van der Waals surface area (Å²) in [6.45, 7) is 7.94. The third-order valence-electron chi connectivity index (χ3n) is 2.09. The lowest BCUT2D eigenvalue weighted by molar-refractivity contribution is 0.702. The summed E-state index contributed by atoms with van der Waals surface area (Å²) in [6, 6.07) is 1.55. The molecule has 0 aromatic carbocycles. The largest absolute Gasteiger partial charge is 0.311 e. The molecule has 0 aliphatic rings. The molecule has 4 nitrogen and oxygen atoms in total. The van der Waals surface area contributed by atoms with Crippen LogP contribution in [0.1, 0.15) is 32.3 Å². The molecule has 0 saturated carbocycles. The van der Waals surface area contributed by atoms with Gasteiger partial charge in [0.15, 0.2) is 0 Å². The quantitative estimate of drug-likeness (QED) is 0.779. The molecule has 0 amide bonds. The van der Waals surface area contributed by atoms with Crippen LogP contribution in [0.2, 0.25) is 0 Å². The maximum atomic E-state index is 11.4. The highest BCUT2D eigenvalue weighted by Gasteiger charge is 2.02. The Bertz CT molecular complexity index is 390. The number of aromatic nitrogens is 2. The number of hydrogen-bond acceptors (Lipinski definition) is 4. The van der Waals surface area contributed by atoms with Crippen LogP contribution in [0.5, 0.6) is 0 Å². The lowest BCUT2D eigenvalue weighted by Gasteiger charge is -2.06. The molecule has 1 aromatic rings. The van der Waals surface area contributed by atoms with Crippen molar-refractivity contribution in [2.45, 2.75) is 33.1 Å². The van der Waals surface area contributed by atoms with Crippen molar-refractivity contribution < 1.29 is 0 Å². The van der Waals surface area contributed by atoms with E-state index in [9.17, 15) is 4.79 Å². The fourth-order valence-corrected chi connectivity index (χ4v) is 2.29. The van der Waals surface area contributed by atoms with Crippen molar-refractivity contribution in [3.05, 3.63) is 27.9 Å². The molecule has 0 atom stereocenters. The third kappa shape index (κ3) is 5.89. The highest BCUT2D eigenvalue weighted by atomic mass is 32.2. The molecule has 17 heavy (non-hydrogen) atoms. The lowest BCUT2D eigenvalue weighted by Crippen LogP contribution is -2.18. The molecule has 1 heterocycles. The van der Waals surface area contributed by atoms with Crippen LogP contribution in [-0.4, -0.2) is 22.3 Å². The maximum Gasteiger partial charge on any atom is 0.251 e. The van der Waals surface area contributed by atoms with Crippen LogP contribution in [0.4, 0.5) is 0 Å². The monoisotopic (exact) mass is 255 g/mol. The topological polar surface area (TPSA) is 57.8 Å². The summed E-state index contributed by atoms with van der Waals surface area (Å²) in [5, 5.41) is 3.17. The van der Waals surface area contributed by atoms with Gasteiger partial charge < -0.3 is 10.3 Å². The Labute approximate surface area is 107 Å². The molecule has 5 heteroatoms. The van der Waals surface area contributed by atoms with Crippen molar-refractivity contribution in [1.29, 1.82) is 0 Å². The normalized spacial score (nSPS) is 11.1. The predicted molar refractivity (Wildman–Crippen MR) is 73.2 cm³/mol. The van der Waals surface area contributed by atoms with Crippen LogP contribution in [-0.2, 0) is 12.3 Å². The molecule has 1 rings (SSSR count). The van der Waals surface area contributed by atoms with Crippen molar-refractivity contribution >= 4 is 11.8 Å². The maximum absolute atomic E-state index is 11.4. The Morgan fingerprint density at radius 2 is 2.29 bits per heavy atom. The van der Waals surface area contributed by atoms with Gasteiger partial charge in [-0.3, -0.25) is 4.79 Å². The number of nitrogens with one attached hydrogen (secondary N) is 2. The lowest BCUT2D eigenvalue weighted by atomic mass is 10.3. The SMILES string of the molecule is CCNCc1cc(=O)[nH]c(CSCC(C)C)n1. The fourth-order valence-electron chi connectivity index (χ4n) is 1.37. The van der Waals surface area contributed by atoms with Gasteiger partial charge >= 0.3 is 0 Å². The molecule has 0 bridgehead atoms. The van der Waals surface area contributed by atoms with E-state index in [0.717, 1.165) is 29.6 Å². The molecular formula is C12H21N3OS. The molecule has 0 saturated heterocycles. The number of hydrogen-bond donors (Lipinski definition) is 2. The first-order valence-electron chi connectivity index (χ1n) is 5.99. The summed E-state index contributed by atoms with van der Waals surface area (Å²) in [5.74, 6) is 3.29. The number of rotatable bonds is 7. The van der Waals surface area contributed by atoms with Crippen molar-refractivity contribution in [2.24, 2.45) is 5.92 Å². The summed E-state index contributed by atoms with van der Waals surface area (Å²) in [6.07, 6.45) is 0. The third-order valence-corrected chi connectivity index (χ3v) is 3.47. The van der Waals surface area contributed by atoms with Crippen LogP contribution >= 0.6 is 11.8 Å². The van der Waals surface area contributed by atoms with E-state index >= 15 is 0 Å². The highest BCUT2D eigenvalue weighted by Crippen LogP contribution is 2.11. The Hall–Kier alpha value is -0.810. The number of H-pyrrole nitrogens is 1. The van der Waals surface area contributed by atoms with E-state index in [4.69, 9.17) is 0 Å². The summed E-state index contributed by atoms with van der Waals surface area (Å²) >= 11 is 1.80. The highest BCUT2D eigenvalue weighted by molar-refractivity contribution is 7.98.